The first-order chi connectivity index (χ1) is 9.28. The van der Waals surface area contributed by atoms with E-state index < -0.39 is 0 Å². The van der Waals surface area contributed by atoms with Crippen LogP contribution in [-0.4, -0.2) is 9.67 Å². The Hall–Kier alpha value is -2.06. The second-order valence-corrected chi connectivity index (χ2v) is 4.92. The van der Waals surface area contributed by atoms with E-state index in [0.717, 1.165) is 12.1 Å². The highest BCUT2D eigenvalue weighted by molar-refractivity contribution is 5.81. The highest BCUT2D eigenvalue weighted by atomic mass is 16.3. The van der Waals surface area contributed by atoms with Crippen molar-refractivity contribution in [2.24, 2.45) is 0 Å². The van der Waals surface area contributed by atoms with Gasteiger partial charge in [-0.05, 0) is 47.2 Å². The lowest BCUT2D eigenvalue weighted by atomic mass is 10.1. The van der Waals surface area contributed by atoms with Crippen molar-refractivity contribution in [2.75, 3.05) is 0 Å². The fourth-order valence-electron chi connectivity index (χ4n) is 2.46. The molecule has 0 radical (unpaired) electrons. The van der Waals surface area contributed by atoms with Crippen molar-refractivity contribution in [1.29, 1.82) is 0 Å². The number of aliphatic hydroxyl groups excluding tert-OH is 1. The predicted octanol–water partition coefficient (Wildman–Crippen LogP) is 3.49. The predicted molar refractivity (Wildman–Crippen MR) is 78.1 cm³/mol. The van der Waals surface area contributed by atoms with Crippen LogP contribution in [0.5, 0.6) is 0 Å². The SMILES string of the molecule is Cc1ccccc1Cn1ccc2cc(CO)ccc21. The van der Waals surface area contributed by atoms with Crippen molar-refractivity contribution in [3.05, 3.63) is 71.4 Å². The van der Waals surface area contributed by atoms with Crippen LogP contribution in [0.1, 0.15) is 16.7 Å². The summed E-state index contributed by atoms with van der Waals surface area (Å²) in [5, 5.41) is 10.3. The van der Waals surface area contributed by atoms with E-state index >= 15 is 0 Å². The van der Waals surface area contributed by atoms with Crippen LogP contribution < -0.4 is 0 Å². The van der Waals surface area contributed by atoms with Gasteiger partial charge in [0.05, 0.1) is 6.61 Å². The van der Waals surface area contributed by atoms with E-state index in [2.05, 4.69) is 54.1 Å². The Morgan fingerprint density at radius 1 is 1.05 bits per heavy atom. The Kier molecular flexibility index (Phi) is 3.10. The fourth-order valence-corrected chi connectivity index (χ4v) is 2.46. The van der Waals surface area contributed by atoms with Gasteiger partial charge >= 0.3 is 0 Å². The maximum Gasteiger partial charge on any atom is 0.0682 e. The summed E-state index contributed by atoms with van der Waals surface area (Å²) >= 11 is 0. The van der Waals surface area contributed by atoms with Crippen molar-refractivity contribution < 1.29 is 5.11 Å². The molecule has 19 heavy (non-hydrogen) atoms. The molecule has 0 unspecified atom stereocenters. The average molecular weight is 251 g/mol. The molecule has 0 atom stereocenters. The molecule has 0 aliphatic rings. The number of hydrogen-bond donors (Lipinski definition) is 1. The Labute approximate surface area is 112 Å². The molecule has 96 valence electrons. The third-order valence-electron chi connectivity index (χ3n) is 3.62. The van der Waals surface area contributed by atoms with Gasteiger partial charge in [-0.3, -0.25) is 0 Å². The van der Waals surface area contributed by atoms with Crippen LogP contribution in [-0.2, 0) is 13.2 Å². The van der Waals surface area contributed by atoms with Crippen LogP contribution in [0.4, 0.5) is 0 Å². The summed E-state index contributed by atoms with van der Waals surface area (Å²) in [4.78, 5) is 0. The van der Waals surface area contributed by atoms with Crippen LogP contribution in [0.25, 0.3) is 10.9 Å². The molecule has 0 bridgehead atoms. The van der Waals surface area contributed by atoms with Crippen molar-refractivity contribution in [3.63, 3.8) is 0 Å². The van der Waals surface area contributed by atoms with Crippen LogP contribution in [0, 0.1) is 6.92 Å². The van der Waals surface area contributed by atoms with Crippen molar-refractivity contribution >= 4 is 10.9 Å². The number of aliphatic hydroxyl groups is 1. The molecule has 0 aliphatic carbocycles. The van der Waals surface area contributed by atoms with Gasteiger partial charge in [0.25, 0.3) is 0 Å². The van der Waals surface area contributed by atoms with Crippen LogP contribution in [0.3, 0.4) is 0 Å². The number of rotatable bonds is 3. The number of nitrogens with zero attached hydrogens (tertiary/aromatic N) is 1. The molecular formula is C17H17NO. The minimum atomic E-state index is 0.0961. The molecule has 0 fully saturated rings. The number of aryl methyl sites for hydroxylation is 1. The first-order valence-electron chi connectivity index (χ1n) is 6.51. The van der Waals surface area contributed by atoms with E-state index in [1.54, 1.807) is 0 Å². The second kappa shape index (κ2) is 4.90. The fraction of sp³-hybridized carbons (Fsp3) is 0.176. The second-order valence-electron chi connectivity index (χ2n) is 4.92. The Morgan fingerprint density at radius 3 is 2.68 bits per heavy atom. The molecule has 0 aliphatic heterocycles. The molecule has 3 rings (SSSR count). The van der Waals surface area contributed by atoms with Gasteiger partial charge in [-0.25, -0.2) is 0 Å². The summed E-state index contributed by atoms with van der Waals surface area (Å²) in [6.45, 7) is 3.12. The van der Waals surface area contributed by atoms with Gasteiger partial charge in [-0.2, -0.15) is 0 Å². The highest BCUT2D eigenvalue weighted by Crippen LogP contribution is 2.20. The highest BCUT2D eigenvalue weighted by Gasteiger charge is 2.04. The van der Waals surface area contributed by atoms with Gasteiger partial charge in [0, 0.05) is 18.3 Å². The first-order valence-corrected chi connectivity index (χ1v) is 6.51. The summed E-state index contributed by atoms with van der Waals surface area (Å²) in [7, 11) is 0. The maximum absolute atomic E-state index is 9.17. The van der Waals surface area contributed by atoms with Gasteiger partial charge in [-0.15, -0.1) is 0 Å². The molecule has 0 amide bonds. The lowest BCUT2D eigenvalue weighted by Crippen LogP contribution is -1.99. The third kappa shape index (κ3) is 2.27. The molecule has 0 saturated heterocycles. The van der Waals surface area contributed by atoms with Gasteiger partial charge in [0.15, 0.2) is 0 Å². The molecule has 2 aromatic carbocycles. The summed E-state index contributed by atoms with van der Waals surface area (Å²) in [5.74, 6) is 0. The van der Waals surface area contributed by atoms with Gasteiger partial charge < -0.3 is 9.67 Å². The average Bonchev–Trinajstić information content (AvgIpc) is 2.83. The Morgan fingerprint density at radius 2 is 1.89 bits per heavy atom. The smallest absolute Gasteiger partial charge is 0.0682 e. The molecule has 2 nitrogen and oxygen atoms in total. The van der Waals surface area contributed by atoms with Crippen molar-refractivity contribution in [3.8, 4) is 0 Å². The van der Waals surface area contributed by atoms with E-state index in [0.29, 0.717) is 0 Å². The molecule has 3 aromatic rings. The van der Waals surface area contributed by atoms with Crippen LogP contribution >= 0.6 is 0 Å². The maximum atomic E-state index is 9.17. The molecule has 1 aromatic heterocycles. The lowest BCUT2D eigenvalue weighted by molar-refractivity contribution is 0.282. The number of aromatic nitrogens is 1. The zero-order valence-corrected chi connectivity index (χ0v) is 11.0. The van der Waals surface area contributed by atoms with E-state index in [1.165, 1.54) is 22.0 Å². The topological polar surface area (TPSA) is 25.2 Å². The van der Waals surface area contributed by atoms with E-state index in [4.69, 9.17) is 5.11 Å². The zero-order valence-electron chi connectivity index (χ0n) is 11.0. The molecule has 0 spiro atoms. The van der Waals surface area contributed by atoms with E-state index in [9.17, 15) is 0 Å². The summed E-state index contributed by atoms with van der Waals surface area (Å²) in [6.07, 6.45) is 2.11. The molecule has 1 N–H and O–H groups in total. The van der Waals surface area contributed by atoms with Crippen molar-refractivity contribution in [2.45, 2.75) is 20.1 Å². The Balaban J connectivity index is 2.00. The first kappa shape index (κ1) is 12.0. The number of fused-ring (bicyclic) bond motifs is 1. The third-order valence-corrected chi connectivity index (χ3v) is 3.62. The van der Waals surface area contributed by atoms with Gasteiger partial charge in [0.1, 0.15) is 0 Å². The monoisotopic (exact) mass is 251 g/mol. The quantitative estimate of drug-likeness (QED) is 0.757. The Bertz CT molecular complexity index is 712. The van der Waals surface area contributed by atoms with Gasteiger partial charge in [-0.1, -0.05) is 30.3 Å². The summed E-state index contributed by atoms with van der Waals surface area (Å²) in [6, 6.07) is 16.7. The summed E-state index contributed by atoms with van der Waals surface area (Å²) in [5.41, 5.74) is 4.82. The number of benzene rings is 2. The lowest BCUT2D eigenvalue weighted by Gasteiger charge is -2.08. The van der Waals surface area contributed by atoms with E-state index in [-0.39, 0.29) is 6.61 Å². The van der Waals surface area contributed by atoms with Crippen LogP contribution in [0.2, 0.25) is 0 Å². The number of hydrogen-bond acceptors (Lipinski definition) is 1. The van der Waals surface area contributed by atoms with Crippen LogP contribution in [0.15, 0.2) is 54.7 Å². The van der Waals surface area contributed by atoms with Gasteiger partial charge in [0.2, 0.25) is 0 Å². The minimum absolute atomic E-state index is 0.0961. The molecule has 2 heteroatoms. The minimum Gasteiger partial charge on any atom is -0.392 e. The van der Waals surface area contributed by atoms with Crippen molar-refractivity contribution in [1.82, 2.24) is 4.57 Å². The largest absolute Gasteiger partial charge is 0.392 e. The molecule has 0 saturated carbocycles. The standard InChI is InChI=1S/C17H17NO/c1-13-4-2-3-5-16(13)11-18-9-8-15-10-14(12-19)6-7-17(15)18/h2-10,19H,11-12H2,1H3. The molecular weight excluding hydrogens is 234 g/mol. The zero-order chi connectivity index (χ0) is 13.2. The van der Waals surface area contributed by atoms with E-state index in [1.807, 2.05) is 12.1 Å². The normalized spacial score (nSPS) is 11.1. The summed E-state index contributed by atoms with van der Waals surface area (Å²) < 4.78 is 2.25. The molecule has 1 heterocycles.